The van der Waals surface area contributed by atoms with Crippen molar-refractivity contribution in [3.63, 3.8) is 0 Å². The normalized spacial score (nSPS) is 23.5. The van der Waals surface area contributed by atoms with E-state index in [9.17, 15) is 18.5 Å². The maximum atomic E-state index is 12.6. The van der Waals surface area contributed by atoms with Crippen molar-refractivity contribution in [2.75, 3.05) is 49.3 Å². The average Bonchev–Trinajstić information content (AvgIpc) is 2.73. The maximum Gasteiger partial charge on any atom is 0.293 e. The van der Waals surface area contributed by atoms with Crippen molar-refractivity contribution >= 4 is 27.1 Å². The Morgan fingerprint density at radius 1 is 1.07 bits per heavy atom. The molecule has 10 heteroatoms. The van der Waals surface area contributed by atoms with Gasteiger partial charge >= 0.3 is 0 Å². The monoisotopic (exact) mass is 417 g/mol. The molecule has 5 rings (SSSR count). The third-order valence-corrected chi connectivity index (χ3v) is 6.80. The molecule has 2 aromatic rings. The fourth-order valence-electron chi connectivity index (χ4n) is 3.85. The Morgan fingerprint density at radius 3 is 2.41 bits per heavy atom. The minimum Gasteiger partial charge on any atom is -0.378 e. The van der Waals surface area contributed by atoms with Crippen LogP contribution in [0.2, 0.25) is 0 Å². The summed E-state index contributed by atoms with van der Waals surface area (Å²) in [6.07, 6.45) is 0. The average molecular weight is 417 g/mol. The number of piperazine rings is 3. The van der Waals surface area contributed by atoms with Crippen molar-refractivity contribution < 1.29 is 13.3 Å². The Kier molecular flexibility index (Phi) is 5.39. The molecule has 2 aromatic carbocycles. The Balaban J connectivity index is 1.51. The highest BCUT2D eigenvalue weighted by Gasteiger charge is 2.32. The molecule has 1 unspecified atom stereocenters. The molecule has 3 heterocycles. The predicted molar refractivity (Wildman–Crippen MR) is 111 cm³/mol. The van der Waals surface area contributed by atoms with E-state index in [1.54, 1.807) is 30.3 Å². The fourth-order valence-corrected chi connectivity index (χ4v) is 4.92. The Hall–Kier alpha value is -2.69. The lowest BCUT2D eigenvalue weighted by Gasteiger charge is -2.47. The molecule has 3 aliphatic rings. The zero-order valence-electron chi connectivity index (χ0n) is 15.8. The first-order chi connectivity index (χ1) is 13.9. The van der Waals surface area contributed by atoms with Crippen LogP contribution >= 0.6 is 0 Å². The zero-order valence-corrected chi connectivity index (χ0v) is 16.6. The van der Waals surface area contributed by atoms with Crippen LogP contribution in [0.1, 0.15) is 0 Å². The number of rotatable bonds is 7. The minimum atomic E-state index is -3.93. The van der Waals surface area contributed by atoms with Gasteiger partial charge in [0.25, 0.3) is 15.7 Å². The molecule has 0 spiro atoms. The molecule has 0 amide bonds. The van der Waals surface area contributed by atoms with E-state index < -0.39 is 14.9 Å². The minimum absolute atomic E-state index is 0.148. The molecular weight excluding hydrogens is 394 g/mol. The van der Waals surface area contributed by atoms with Crippen molar-refractivity contribution in [3.8, 4) is 0 Å². The SMILES string of the molecule is O=[N+]([O-])c1cc(S(=O)(=O)Nc2ccccc2)ccc1NCC1CN2CCN1CC2. The number of anilines is 2. The summed E-state index contributed by atoms with van der Waals surface area (Å²) in [5, 5.41) is 14.7. The topological polar surface area (TPSA) is 108 Å². The maximum absolute atomic E-state index is 12.6. The summed E-state index contributed by atoms with van der Waals surface area (Å²) in [5.74, 6) is 0. The summed E-state index contributed by atoms with van der Waals surface area (Å²) in [7, 11) is -3.93. The standard InChI is InChI=1S/C19H23N5O4S/c25-24(26)19-12-17(29(27,28)21-15-4-2-1-3-5-15)6-7-18(19)20-13-16-14-22-8-10-23(16)11-9-22/h1-7,12,16,20-21H,8-11,13-14H2. The second kappa shape index (κ2) is 7.97. The molecule has 3 fully saturated rings. The lowest BCUT2D eigenvalue weighted by atomic mass is 10.1. The van der Waals surface area contributed by atoms with Crippen LogP contribution in [-0.2, 0) is 10.0 Å². The predicted octanol–water partition coefficient (Wildman–Crippen LogP) is 1.81. The van der Waals surface area contributed by atoms with Gasteiger partial charge in [-0.3, -0.25) is 24.6 Å². The van der Waals surface area contributed by atoms with Crippen molar-refractivity contribution in [3.05, 3.63) is 58.6 Å². The summed E-state index contributed by atoms with van der Waals surface area (Å²) < 4.78 is 27.7. The number of nitro groups is 1. The van der Waals surface area contributed by atoms with Gasteiger partial charge in [0.1, 0.15) is 5.69 Å². The van der Waals surface area contributed by atoms with Gasteiger partial charge < -0.3 is 5.32 Å². The molecule has 0 radical (unpaired) electrons. The summed E-state index contributed by atoms with van der Waals surface area (Å²) in [4.78, 5) is 15.7. The Morgan fingerprint density at radius 2 is 1.79 bits per heavy atom. The van der Waals surface area contributed by atoms with Gasteiger partial charge in [0.05, 0.1) is 9.82 Å². The van der Waals surface area contributed by atoms with Crippen molar-refractivity contribution in [1.82, 2.24) is 9.80 Å². The molecule has 2 N–H and O–H groups in total. The molecule has 2 bridgehead atoms. The first kappa shape index (κ1) is 19.6. The van der Waals surface area contributed by atoms with E-state index >= 15 is 0 Å². The Bertz CT molecular complexity index is 991. The Labute approximate surface area is 169 Å². The van der Waals surface area contributed by atoms with Gasteiger partial charge in [0, 0.05) is 57.1 Å². The van der Waals surface area contributed by atoms with Gasteiger partial charge in [-0.25, -0.2) is 8.42 Å². The number of nitro benzene ring substituents is 1. The van der Waals surface area contributed by atoms with E-state index in [2.05, 4.69) is 19.8 Å². The molecule has 154 valence electrons. The molecule has 3 aliphatic heterocycles. The van der Waals surface area contributed by atoms with E-state index in [1.807, 2.05) is 0 Å². The molecule has 0 saturated carbocycles. The smallest absolute Gasteiger partial charge is 0.293 e. The van der Waals surface area contributed by atoms with Crippen LogP contribution in [0.5, 0.6) is 0 Å². The highest BCUT2D eigenvalue weighted by Crippen LogP contribution is 2.29. The number of hydrogen-bond donors (Lipinski definition) is 2. The van der Waals surface area contributed by atoms with Gasteiger partial charge in [0.2, 0.25) is 0 Å². The van der Waals surface area contributed by atoms with Crippen LogP contribution in [0.25, 0.3) is 0 Å². The highest BCUT2D eigenvalue weighted by molar-refractivity contribution is 7.92. The molecule has 1 atom stereocenters. The van der Waals surface area contributed by atoms with Gasteiger partial charge in [0.15, 0.2) is 0 Å². The molecule has 29 heavy (non-hydrogen) atoms. The first-order valence-corrected chi connectivity index (χ1v) is 11.0. The summed E-state index contributed by atoms with van der Waals surface area (Å²) in [6.45, 7) is 5.67. The third-order valence-electron chi connectivity index (χ3n) is 5.42. The van der Waals surface area contributed by atoms with Crippen LogP contribution in [0, 0.1) is 10.1 Å². The second-order valence-electron chi connectivity index (χ2n) is 7.28. The van der Waals surface area contributed by atoms with Gasteiger partial charge in [-0.1, -0.05) is 18.2 Å². The fraction of sp³-hybridized carbons (Fsp3) is 0.368. The van der Waals surface area contributed by atoms with Crippen molar-refractivity contribution in [1.29, 1.82) is 0 Å². The number of nitrogens with one attached hydrogen (secondary N) is 2. The molecule has 9 nitrogen and oxygen atoms in total. The van der Waals surface area contributed by atoms with E-state index in [4.69, 9.17) is 0 Å². The number of sulfonamides is 1. The molecular formula is C19H23N5O4S. The van der Waals surface area contributed by atoms with Gasteiger partial charge in [-0.05, 0) is 24.3 Å². The van der Waals surface area contributed by atoms with Gasteiger partial charge in [-0.15, -0.1) is 0 Å². The largest absolute Gasteiger partial charge is 0.378 e. The van der Waals surface area contributed by atoms with E-state index in [-0.39, 0.29) is 10.6 Å². The lowest BCUT2D eigenvalue weighted by Crippen LogP contribution is -2.62. The highest BCUT2D eigenvalue weighted by atomic mass is 32.2. The van der Waals surface area contributed by atoms with Crippen LogP contribution in [0.15, 0.2) is 53.4 Å². The van der Waals surface area contributed by atoms with Crippen molar-refractivity contribution in [2.45, 2.75) is 10.9 Å². The summed E-state index contributed by atoms with van der Waals surface area (Å²) in [6, 6.07) is 12.7. The molecule has 3 saturated heterocycles. The van der Waals surface area contributed by atoms with Crippen molar-refractivity contribution in [2.24, 2.45) is 0 Å². The quantitative estimate of drug-likeness (QED) is 0.522. The summed E-state index contributed by atoms with van der Waals surface area (Å²) in [5.41, 5.74) is 0.470. The van der Waals surface area contributed by atoms with E-state index in [0.29, 0.717) is 24.0 Å². The first-order valence-electron chi connectivity index (χ1n) is 9.49. The summed E-state index contributed by atoms with van der Waals surface area (Å²) >= 11 is 0. The van der Waals surface area contributed by atoms with E-state index in [1.165, 1.54) is 12.1 Å². The van der Waals surface area contributed by atoms with Crippen LogP contribution in [0.4, 0.5) is 17.1 Å². The number of para-hydroxylation sites is 1. The van der Waals surface area contributed by atoms with Crippen LogP contribution < -0.4 is 10.0 Å². The molecule has 0 aromatic heterocycles. The van der Waals surface area contributed by atoms with Crippen LogP contribution in [-0.4, -0.2) is 68.5 Å². The number of benzene rings is 2. The zero-order chi connectivity index (χ0) is 20.4. The van der Waals surface area contributed by atoms with Crippen LogP contribution in [0.3, 0.4) is 0 Å². The molecule has 0 aliphatic carbocycles. The lowest BCUT2D eigenvalue weighted by molar-refractivity contribution is -0.384. The van der Waals surface area contributed by atoms with Gasteiger partial charge in [-0.2, -0.15) is 0 Å². The number of nitrogens with zero attached hydrogens (tertiary/aromatic N) is 3. The van der Waals surface area contributed by atoms with E-state index in [0.717, 1.165) is 38.8 Å². The number of hydrogen-bond acceptors (Lipinski definition) is 7. The second-order valence-corrected chi connectivity index (χ2v) is 8.96. The third kappa shape index (κ3) is 4.34. The number of fused-ring (bicyclic) bond motifs is 3.